The van der Waals surface area contributed by atoms with Crippen LogP contribution in [0, 0.1) is 13.8 Å². The molecule has 0 radical (unpaired) electrons. The molecule has 33 heavy (non-hydrogen) atoms. The van der Waals surface area contributed by atoms with Gasteiger partial charge in [-0.25, -0.2) is 9.56 Å². The van der Waals surface area contributed by atoms with Gasteiger partial charge in [-0.05, 0) is 64.8 Å². The lowest BCUT2D eigenvalue weighted by Crippen LogP contribution is -3.00. The second kappa shape index (κ2) is 9.76. The number of aromatic nitrogens is 1. The zero-order valence-corrected chi connectivity index (χ0v) is 23.4. The molecule has 4 atom stereocenters. The summed E-state index contributed by atoms with van der Waals surface area (Å²) in [5.74, 6) is 0. The molecule has 3 aliphatic heterocycles. The molecule has 5 nitrogen and oxygen atoms in total. The summed E-state index contributed by atoms with van der Waals surface area (Å²) in [6.07, 6.45) is 0.988. The van der Waals surface area contributed by atoms with Crippen LogP contribution in [0.25, 0.3) is 20.8 Å². The van der Waals surface area contributed by atoms with Gasteiger partial charge in [-0.2, -0.15) is 0 Å². The second-order valence-electron chi connectivity index (χ2n) is 9.76. The number of hydrogen-bond donors (Lipinski definition) is 0. The van der Waals surface area contributed by atoms with Gasteiger partial charge in [-0.15, -0.1) is 11.3 Å². The van der Waals surface area contributed by atoms with Crippen molar-refractivity contribution in [3.63, 3.8) is 0 Å². The predicted octanol–water partition coefficient (Wildman–Crippen LogP) is 1.21. The molecular weight excluding hydrogens is 545 g/mol. The molecule has 1 aromatic carbocycles. The standard InChI is InChI=1S/C26H34N3O2S.HI/c1-15-7-21(28-11-17(3)30-18(4)12-28)9-23-25(15)27-26-16(2)8-22(10-24(26)32-23)29-13-19(5)31-20(6)14-29;/h7-10,17-20H,11-14H2,1-6H3;1H/q+1;/p-1/t17-,18-,19-,20+;/m0./s1. The molecule has 2 fully saturated rings. The Hall–Kier alpha value is -1.29. The van der Waals surface area contributed by atoms with Crippen molar-refractivity contribution in [1.82, 2.24) is 9.56 Å². The lowest BCUT2D eigenvalue weighted by molar-refractivity contribution is -0.0262. The SMILES string of the molecule is Cc1cc(=[N+]2C[C@@H](C)O[C@@H](C)C2)cc2sc3cc(N4C[C@H](C)O[C@@H](C)C4)cc(C)c3nc1-2.[I-]. The average Bonchev–Trinajstić information content (AvgIpc) is 2.71. The predicted molar refractivity (Wildman–Crippen MR) is 133 cm³/mol. The maximum Gasteiger partial charge on any atom is 0.201 e. The molecule has 2 saturated heterocycles. The zero-order valence-electron chi connectivity index (χ0n) is 20.4. The highest BCUT2D eigenvalue weighted by Crippen LogP contribution is 2.36. The highest BCUT2D eigenvalue weighted by molar-refractivity contribution is 7.21. The summed E-state index contributed by atoms with van der Waals surface area (Å²) in [5, 5.41) is 1.28. The Morgan fingerprint density at radius 3 is 2.18 bits per heavy atom. The first-order chi connectivity index (χ1) is 15.3. The monoisotopic (exact) mass is 579 g/mol. The third kappa shape index (κ3) is 5.06. The third-order valence-electron chi connectivity index (χ3n) is 6.51. The molecule has 5 rings (SSSR count). The topological polar surface area (TPSA) is 37.6 Å². The summed E-state index contributed by atoms with van der Waals surface area (Å²) in [6.45, 7) is 16.7. The summed E-state index contributed by atoms with van der Waals surface area (Å²) in [5.41, 5.74) is 5.98. The van der Waals surface area contributed by atoms with Crippen molar-refractivity contribution in [3.05, 3.63) is 40.7 Å². The van der Waals surface area contributed by atoms with Gasteiger partial charge in [0.05, 0.1) is 33.0 Å². The van der Waals surface area contributed by atoms with Crippen molar-refractivity contribution in [1.29, 1.82) is 0 Å². The molecular formula is C26H34IN3O2S. The van der Waals surface area contributed by atoms with Crippen LogP contribution >= 0.6 is 11.3 Å². The van der Waals surface area contributed by atoms with Crippen LogP contribution in [0.15, 0.2) is 24.3 Å². The van der Waals surface area contributed by atoms with Crippen molar-refractivity contribution < 1.29 is 33.5 Å². The summed E-state index contributed by atoms with van der Waals surface area (Å²) in [4.78, 5) is 8.84. The minimum Gasteiger partial charge on any atom is -1.00 e. The first-order valence-electron chi connectivity index (χ1n) is 11.8. The second-order valence-corrected chi connectivity index (χ2v) is 10.8. The van der Waals surface area contributed by atoms with Crippen LogP contribution in [-0.4, -0.2) is 55.6 Å². The lowest BCUT2D eigenvalue weighted by atomic mass is 10.1. The Balaban J connectivity index is 0.00000259. The number of hydrogen-bond acceptors (Lipinski definition) is 5. The van der Waals surface area contributed by atoms with Gasteiger partial charge in [-0.3, -0.25) is 0 Å². The Morgan fingerprint density at radius 1 is 0.879 bits per heavy atom. The van der Waals surface area contributed by atoms with E-state index in [4.69, 9.17) is 14.5 Å². The quantitative estimate of drug-likeness (QED) is 0.247. The molecule has 0 unspecified atom stereocenters. The van der Waals surface area contributed by atoms with Gasteiger partial charge in [0.15, 0.2) is 13.1 Å². The van der Waals surface area contributed by atoms with E-state index in [1.807, 2.05) is 11.3 Å². The Morgan fingerprint density at radius 2 is 1.52 bits per heavy atom. The molecule has 7 heteroatoms. The average molecular weight is 580 g/mol. The maximum absolute atomic E-state index is 5.95. The summed E-state index contributed by atoms with van der Waals surface area (Å²) >= 11 is 1.86. The van der Waals surface area contributed by atoms with Crippen molar-refractivity contribution in [2.24, 2.45) is 0 Å². The Bertz CT molecular complexity index is 1190. The van der Waals surface area contributed by atoms with Crippen LogP contribution in [0.1, 0.15) is 38.8 Å². The molecule has 0 aromatic heterocycles. The van der Waals surface area contributed by atoms with Crippen molar-refractivity contribution in [3.8, 4) is 10.6 Å². The number of benzene rings is 2. The van der Waals surface area contributed by atoms with E-state index < -0.39 is 0 Å². The van der Waals surface area contributed by atoms with E-state index in [-0.39, 0.29) is 48.4 Å². The highest BCUT2D eigenvalue weighted by Gasteiger charge is 2.26. The number of morpholine rings is 2. The number of ether oxygens (including phenoxy) is 2. The molecule has 3 heterocycles. The molecule has 0 saturated carbocycles. The van der Waals surface area contributed by atoms with E-state index in [2.05, 4.69) is 75.3 Å². The first kappa shape index (κ1) is 24.8. The number of aryl methyl sites for hydroxylation is 2. The van der Waals surface area contributed by atoms with Gasteiger partial charge in [0.25, 0.3) is 0 Å². The van der Waals surface area contributed by atoms with Gasteiger partial charge in [0.2, 0.25) is 5.36 Å². The Labute approximate surface area is 217 Å². The molecule has 0 N–H and O–H groups in total. The number of anilines is 1. The van der Waals surface area contributed by atoms with E-state index in [0.29, 0.717) is 0 Å². The minimum absolute atomic E-state index is 0. The van der Waals surface area contributed by atoms with Gasteiger partial charge < -0.3 is 38.4 Å². The molecule has 0 bridgehead atoms. The lowest BCUT2D eigenvalue weighted by Gasteiger charge is -2.37. The van der Waals surface area contributed by atoms with Gasteiger partial charge >= 0.3 is 0 Å². The van der Waals surface area contributed by atoms with E-state index in [9.17, 15) is 0 Å². The van der Waals surface area contributed by atoms with Crippen molar-refractivity contribution >= 4 is 27.2 Å². The number of rotatable bonds is 1. The molecule has 178 valence electrons. The van der Waals surface area contributed by atoms with E-state index in [1.54, 1.807) is 0 Å². The summed E-state index contributed by atoms with van der Waals surface area (Å²) in [6, 6.07) is 9.23. The number of nitrogens with zero attached hydrogens (tertiary/aromatic N) is 3. The normalized spacial score (nSPS) is 27.6. The summed E-state index contributed by atoms with van der Waals surface area (Å²) in [7, 11) is 0. The fraction of sp³-hybridized carbons (Fsp3) is 0.538. The third-order valence-corrected chi connectivity index (χ3v) is 7.58. The number of halogens is 1. The van der Waals surface area contributed by atoms with Gasteiger partial charge in [0.1, 0.15) is 12.2 Å². The molecule has 0 amide bonds. The molecule has 1 aliphatic carbocycles. The van der Waals surface area contributed by atoms with Crippen LogP contribution in [0.3, 0.4) is 0 Å². The maximum atomic E-state index is 5.95. The van der Waals surface area contributed by atoms with Crippen LogP contribution in [0.2, 0.25) is 0 Å². The number of fused-ring (bicyclic) bond motifs is 2. The Kier molecular flexibility index (Phi) is 7.34. The van der Waals surface area contributed by atoms with E-state index >= 15 is 0 Å². The minimum atomic E-state index is 0. The van der Waals surface area contributed by atoms with Gasteiger partial charge in [0, 0.05) is 30.9 Å². The van der Waals surface area contributed by atoms with E-state index in [0.717, 1.165) is 37.4 Å². The van der Waals surface area contributed by atoms with E-state index in [1.165, 1.54) is 31.7 Å². The molecule has 0 spiro atoms. The van der Waals surface area contributed by atoms with Crippen molar-refractivity contribution in [2.75, 3.05) is 31.1 Å². The van der Waals surface area contributed by atoms with Crippen LogP contribution in [0.5, 0.6) is 0 Å². The van der Waals surface area contributed by atoms with Crippen molar-refractivity contribution in [2.45, 2.75) is 66.0 Å². The van der Waals surface area contributed by atoms with Gasteiger partial charge in [-0.1, -0.05) is 0 Å². The van der Waals surface area contributed by atoms with Crippen LogP contribution in [-0.2, 0) is 9.47 Å². The fourth-order valence-electron chi connectivity index (χ4n) is 5.27. The summed E-state index contributed by atoms with van der Waals surface area (Å²) < 4.78 is 15.6. The first-order valence-corrected chi connectivity index (χ1v) is 12.6. The largest absolute Gasteiger partial charge is 1.00 e. The fourth-order valence-corrected chi connectivity index (χ4v) is 6.48. The molecule has 1 aromatic rings. The smallest absolute Gasteiger partial charge is 0.201 e. The van der Waals surface area contributed by atoms with Crippen LogP contribution in [0.4, 0.5) is 5.69 Å². The van der Waals surface area contributed by atoms with Crippen LogP contribution < -0.4 is 38.8 Å². The highest BCUT2D eigenvalue weighted by atomic mass is 127. The zero-order chi connectivity index (χ0) is 22.6. The molecule has 4 aliphatic rings.